The summed E-state index contributed by atoms with van der Waals surface area (Å²) >= 11 is 6.01. The molecule has 0 saturated carbocycles. The third-order valence-electron chi connectivity index (χ3n) is 2.84. The van der Waals surface area contributed by atoms with Crippen LogP contribution in [0.1, 0.15) is 17.2 Å². The fourth-order valence-corrected chi connectivity index (χ4v) is 2.14. The molecule has 0 aliphatic carbocycles. The number of benzene rings is 2. The molecule has 2 rings (SSSR count). The van der Waals surface area contributed by atoms with Crippen molar-refractivity contribution < 1.29 is 10.2 Å². The average molecular weight is 278 g/mol. The normalized spacial score (nSPS) is 12.3. The van der Waals surface area contributed by atoms with Crippen molar-refractivity contribution >= 4 is 11.6 Å². The molecular weight excluding hydrogens is 262 g/mol. The van der Waals surface area contributed by atoms with Gasteiger partial charge in [-0.25, -0.2) is 0 Å². The number of hydrogen-bond donors (Lipinski definition) is 3. The predicted molar refractivity (Wildman–Crippen MR) is 76.2 cm³/mol. The van der Waals surface area contributed by atoms with Crippen molar-refractivity contribution in [2.75, 3.05) is 6.54 Å². The van der Waals surface area contributed by atoms with Crippen molar-refractivity contribution in [2.24, 2.45) is 0 Å². The van der Waals surface area contributed by atoms with E-state index in [2.05, 4.69) is 5.32 Å². The molecule has 3 nitrogen and oxygen atoms in total. The Morgan fingerprint density at radius 1 is 1.11 bits per heavy atom. The molecule has 0 fully saturated rings. The molecule has 0 aliphatic heterocycles. The minimum absolute atomic E-state index is 0.242. The topological polar surface area (TPSA) is 52.5 Å². The monoisotopic (exact) mass is 277 g/mol. The van der Waals surface area contributed by atoms with Crippen molar-refractivity contribution in [1.82, 2.24) is 5.32 Å². The maximum atomic E-state index is 10.0. The van der Waals surface area contributed by atoms with Gasteiger partial charge in [-0.2, -0.15) is 0 Å². The highest BCUT2D eigenvalue weighted by Crippen LogP contribution is 2.22. The Kier molecular flexibility index (Phi) is 4.80. The first kappa shape index (κ1) is 13.9. The van der Waals surface area contributed by atoms with Gasteiger partial charge in [0.25, 0.3) is 0 Å². The first-order chi connectivity index (χ1) is 9.16. The van der Waals surface area contributed by atoms with Crippen molar-refractivity contribution in [1.29, 1.82) is 0 Å². The number of phenolic OH excluding ortho intramolecular Hbond substituents is 1. The number of phenols is 1. The first-order valence-corrected chi connectivity index (χ1v) is 6.46. The van der Waals surface area contributed by atoms with Crippen LogP contribution >= 0.6 is 11.6 Å². The third-order valence-corrected chi connectivity index (χ3v) is 3.19. The van der Waals surface area contributed by atoms with E-state index in [1.165, 1.54) is 0 Å². The Morgan fingerprint density at radius 3 is 2.63 bits per heavy atom. The highest BCUT2D eigenvalue weighted by Gasteiger charge is 2.10. The second kappa shape index (κ2) is 6.57. The maximum absolute atomic E-state index is 10.0. The Bertz CT molecular complexity index is 545. The highest BCUT2D eigenvalue weighted by molar-refractivity contribution is 6.31. The summed E-state index contributed by atoms with van der Waals surface area (Å²) in [5.41, 5.74) is 1.68. The summed E-state index contributed by atoms with van der Waals surface area (Å²) in [5.74, 6) is 0.242. The van der Waals surface area contributed by atoms with Crippen LogP contribution in [-0.2, 0) is 6.54 Å². The van der Waals surface area contributed by atoms with E-state index in [0.29, 0.717) is 23.7 Å². The van der Waals surface area contributed by atoms with Gasteiger partial charge in [0.15, 0.2) is 0 Å². The SMILES string of the molecule is Oc1cccc(CNCC(O)c2ccccc2Cl)c1. The molecule has 0 saturated heterocycles. The first-order valence-electron chi connectivity index (χ1n) is 6.08. The van der Waals surface area contributed by atoms with Gasteiger partial charge in [0.2, 0.25) is 0 Å². The van der Waals surface area contributed by atoms with Crippen LogP contribution in [0, 0.1) is 0 Å². The van der Waals surface area contributed by atoms with E-state index in [4.69, 9.17) is 11.6 Å². The van der Waals surface area contributed by atoms with Gasteiger partial charge in [0.1, 0.15) is 5.75 Å². The third kappa shape index (κ3) is 3.96. The van der Waals surface area contributed by atoms with E-state index in [1.54, 1.807) is 24.3 Å². The molecule has 1 atom stereocenters. The number of aromatic hydroxyl groups is 1. The number of aliphatic hydroxyl groups excluding tert-OH is 1. The van der Waals surface area contributed by atoms with Gasteiger partial charge in [-0.3, -0.25) is 0 Å². The Hall–Kier alpha value is -1.55. The fraction of sp³-hybridized carbons (Fsp3) is 0.200. The van der Waals surface area contributed by atoms with Gasteiger partial charge in [0, 0.05) is 23.7 Å². The molecule has 0 bridgehead atoms. The second-order valence-corrected chi connectivity index (χ2v) is 4.75. The van der Waals surface area contributed by atoms with E-state index >= 15 is 0 Å². The predicted octanol–water partition coefficient (Wildman–Crippen LogP) is 2.87. The van der Waals surface area contributed by atoms with E-state index in [-0.39, 0.29) is 5.75 Å². The molecule has 3 N–H and O–H groups in total. The Labute approximate surface area is 117 Å². The van der Waals surface area contributed by atoms with Gasteiger partial charge >= 0.3 is 0 Å². The summed E-state index contributed by atoms with van der Waals surface area (Å²) in [7, 11) is 0. The summed E-state index contributed by atoms with van der Waals surface area (Å²) in [6.45, 7) is 0.981. The van der Waals surface area contributed by atoms with E-state index in [9.17, 15) is 10.2 Å². The van der Waals surface area contributed by atoms with Crippen LogP contribution < -0.4 is 5.32 Å². The zero-order chi connectivity index (χ0) is 13.7. The average Bonchev–Trinajstić information content (AvgIpc) is 2.39. The molecule has 4 heteroatoms. The number of halogens is 1. The highest BCUT2D eigenvalue weighted by atomic mass is 35.5. The second-order valence-electron chi connectivity index (χ2n) is 4.34. The standard InChI is InChI=1S/C15H16ClNO2/c16-14-7-2-1-6-13(14)15(19)10-17-9-11-4-3-5-12(18)8-11/h1-8,15,17-19H,9-10H2. The van der Waals surface area contributed by atoms with E-state index in [1.807, 2.05) is 24.3 Å². The Morgan fingerprint density at radius 2 is 1.89 bits per heavy atom. The molecule has 0 aromatic heterocycles. The van der Waals surface area contributed by atoms with Gasteiger partial charge < -0.3 is 15.5 Å². The lowest BCUT2D eigenvalue weighted by Crippen LogP contribution is -2.21. The molecule has 0 radical (unpaired) electrons. The van der Waals surface area contributed by atoms with Gasteiger partial charge in [0.05, 0.1) is 6.10 Å². The van der Waals surface area contributed by atoms with Crippen LogP contribution in [0.25, 0.3) is 0 Å². The molecule has 19 heavy (non-hydrogen) atoms. The molecule has 2 aromatic carbocycles. The maximum Gasteiger partial charge on any atom is 0.115 e. The lowest BCUT2D eigenvalue weighted by Gasteiger charge is -2.13. The molecule has 100 valence electrons. The van der Waals surface area contributed by atoms with Crippen molar-refractivity contribution in [3.8, 4) is 5.75 Å². The van der Waals surface area contributed by atoms with Gasteiger partial charge in [-0.15, -0.1) is 0 Å². The molecule has 0 spiro atoms. The number of nitrogens with one attached hydrogen (secondary N) is 1. The summed E-state index contributed by atoms with van der Waals surface area (Å²) < 4.78 is 0. The van der Waals surface area contributed by atoms with E-state index < -0.39 is 6.10 Å². The summed E-state index contributed by atoms with van der Waals surface area (Å²) in [6.07, 6.45) is -0.647. The van der Waals surface area contributed by atoms with Crippen LogP contribution in [0.2, 0.25) is 5.02 Å². The number of aliphatic hydroxyl groups is 1. The summed E-state index contributed by atoms with van der Waals surface area (Å²) in [6, 6.07) is 14.3. The molecule has 2 aromatic rings. The van der Waals surface area contributed by atoms with Crippen LogP contribution in [0.4, 0.5) is 0 Å². The molecular formula is C15H16ClNO2. The Balaban J connectivity index is 1.88. The van der Waals surface area contributed by atoms with E-state index in [0.717, 1.165) is 5.56 Å². The molecule has 1 unspecified atom stereocenters. The largest absolute Gasteiger partial charge is 0.508 e. The lowest BCUT2D eigenvalue weighted by atomic mass is 10.1. The smallest absolute Gasteiger partial charge is 0.115 e. The zero-order valence-corrected chi connectivity index (χ0v) is 11.1. The van der Waals surface area contributed by atoms with Crippen LogP contribution in [0.15, 0.2) is 48.5 Å². The van der Waals surface area contributed by atoms with Crippen molar-refractivity contribution in [3.63, 3.8) is 0 Å². The van der Waals surface area contributed by atoms with Crippen LogP contribution in [0.5, 0.6) is 5.75 Å². The molecule has 0 amide bonds. The quantitative estimate of drug-likeness (QED) is 0.788. The minimum Gasteiger partial charge on any atom is -0.508 e. The fourth-order valence-electron chi connectivity index (χ4n) is 1.87. The summed E-state index contributed by atoms with van der Waals surface area (Å²) in [4.78, 5) is 0. The van der Waals surface area contributed by atoms with Crippen LogP contribution in [-0.4, -0.2) is 16.8 Å². The number of hydrogen-bond acceptors (Lipinski definition) is 3. The molecule has 0 heterocycles. The van der Waals surface area contributed by atoms with Crippen molar-refractivity contribution in [2.45, 2.75) is 12.6 Å². The lowest BCUT2D eigenvalue weighted by molar-refractivity contribution is 0.174. The van der Waals surface area contributed by atoms with Gasteiger partial charge in [-0.1, -0.05) is 41.9 Å². The van der Waals surface area contributed by atoms with Crippen molar-refractivity contribution in [3.05, 3.63) is 64.7 Å². The number of rotatable bonds is 5. The molecule has 0 aliphatic rings. The van der Waals surface area contributed by atoms with Gasteiger partial charge in [-0.05, 0) is 23.8 Å². The zero-order valence-electron chi connectivity index (χ0n) is 10.4. The summed E-state index contributed by atoms with van der Waals surface area (Å²) in [5, 5.41) is 23.1. The van der Waals surface area contributed by atoms with Crippen LogP contribution in [0.3, 0.4) is 0 Å². The minimum atomic E-state index is -0.647.